The summed E-state index contributed by atoms with van der Waals surface area (Å²) in [5, 5.41) is 7.37. The number of thiazole rings is 1. The van der Waals surface area contributed by atoms with Gasteiger partial charge in [0.15, 0.2) is 0 Å². The van der Waals surface area contributed by atoms with Crippen LogP contribution in [-0.2, 0) is 0 Å². The Kier molecular flexibility index (Phi) is 4.07. The molecule has 5 heteroatoms. The molecule has 0 atom stereocenters. The van der Waals surface area contributed by atoms with E-state index in [9.17, 15) is 0 Å². The van der Waals surface area contributed by atoms with Crippen LogP contribution >= 0.6 is 11.3 Å². The molecule has 25 heavy (non-hydrogen) atoms. The molecule has 124 valence electrons. The van der Waals surface area contributed by atoms with Crippen LogP contribution in [-0.4, -0.2) is 21.9 Å². The van der Waals surface area contributed by atoms with E-state index in [4.69, 9.17) is 9.72 Å². The molecular weight excluding hydrogens is 330 g/mol. The zero-order valence-corrected chi connectivity index (χ0v) is 14.8. The Morgan fingerprint density at radius 2 is 1.64 bits per heavy atom. The summed E-state index contributed by atoms with van der Waals surface area (Å²) in [6.07, 6.45) is 1.81. The van der Waals surface area contributed by atoms with Gasteiger partial charge in [0.05, 0.1) is 24.7 Å². The molecule has 4 rings (SSSR count). The highest BCUT2D eigenvalue weighted by Crippen LogP contribution is 2.28. The van der Waals surface area contributed by atoms with E-state index < -0.39 is 0 Å². The second-order valence-corrected chi connectivity index (χ2v) is 6.57. The number of nitrogens with zero attached hydrogens (tertiary/aromatic N) is 3. The van der Waals surface area contributed by atoms with Crippen molar-refractivity contribution < 1.29 is 4.74 Å². The second-order valence-electron chi connectivity index (χ2n) is 5.74. The van der Waals surface area contributed by atoms with Crippen molar-refractivity contribution in [3.63, 3.8) is 0 Å². The third kappa shape index (κ3) is 3.06. The van der Waals surface area contributed by atoms with Gasteiger partial charge < -0.3 is 4.74 Å². The molecule has 2 aromatic carbocycles. The first-order valence-electron chi connectivity index (χ1n) is 7.96. The number of ether oxygens (including phenoxy) is 1. The molecule has 2 aromatic heterocycles. The minimum atomic E-state index is 0.841. The maximum absolute atomic E-state index is 5.21. The highest BCUT2D eigenvalue weighted by atomic mass is 32.1. The number of methoxy groups -OCH3 is 1. The first kappa shape index (κ1) is 15.6. The molecule has 2 heterocycles. The maximum atomic E-state index is 5.21. The van der Waals surface area contributed by atoms with Gasteiger partial charge in [-0.2, -0.15) is 5.10 Å². The first-order chi connectivity index (χ1) is 12.2. The minimum absolute atomic E-state index is 0.841. The van der Waals surface area contributed by atoms with Gasteiger partial charge in [-0.15, -0.1) is 11.3 Å². The molecule has 0 saturated carbocycles. The zero-order chi connectivity index (χ0) is 17.2. The molecule has 0 aliphatic heterocycles. The third-order valence-electron chi connectivity index (χ3n) is 4.05. The van der Waals surface area contributed by atoms with Crippen molar-refractivity contribution in [1.82, 2.24) is 14.8 Å². The van der Waals surface area contributed by atoms with Gasteiger partial charge in [-0.25, -0.2) is 9.67 Å². The molecule has 0 spiro atoms. The fourth-order valence-electron chi connectivity index (χ4n) is 2.65. The maximum Gasteiger partial charge on any atom is 0.211 e. The van der Waals surface area contributed by atoms with E-state index in [1.54, 1.807) is 18.4 Å². The number of aryl methyl sites for hydroxylation is 1. The molecule has 0 fully saturated rings. The fourth-order valence-corrected chi connectivity index (χ4v) is 3.46. The van der Waals surface area contributed by atoms with Crippen LogP contribution in [0.15, 0.2) is 66.2 Å². The van der Waals surface area contributed by atoms with Crippen LogP contribution in [0.4, 0.5) is 0 Å². The van der Waals surface area contributed by atoms with E-state index in [1.807, 2.05) is 41.2 Å². The fraction of sp³-hybridized carbons (Fsp3) is 0.100. The lowest BCUT2D eigenvalue weighted by Gasteiger charge is -2.05. The SMILES string of the molecule is COc1ccc(-c2csc(-n3nccc3-c3ccc(C)cc3)n2)cc1. The van der Waals surface area contributed by atoms with Crippen molar-refractivity contribution in [3.05, 3.63) is 71.7 Å². The predicted octanol–water partition coefficient (Wildman–Crippen LogP) is 4.98. The summed E-state index contributed by atoms with van der Waals surface area (Å²) in [7, 11) is 1.67. The Hall–Kier alpha value is -2.92. The van der Waals surface area contributed by atoms with Crippen molar-refractivity contribution in [2.45, 2.75) is 6.92 Å². The lowest BCUT2D eigenvalue weighted by Crippen LogP contribution is -1.98. The van der Waals surface area contributed by atoms with Gasteiger partial charge in [-0.05, 0) is 37.3 Å². The van der Waals surface area contributed by atoms with Gasteiger partial charge in [-0.3, -0.25) is 0 Å². The van der Waals surface area contributed by atoms with Gasteiger partial charge in [0.1, 0.15) is 5.75 Å². The summed E-state index contributed by atoms with van der Waals surface area (Å²) in [6.45, 7) is 2.09. The van der Waals surface area contributed by atoms with Crippen LogP contribution in [0.1, 0.15) is 5.56 Å². The van der Waals surface area contributed by atoms with Crippen LogP contribution in [0, 0.1) is 6.92 Å². The molecule has 0 aliphatic carbocycles. The summed E-state index contributed by atoms with van der Waals surface area (Å²) >= 11 is 1.58. The highest BCUT2D eigenvalue weighted by Gasteiger charge is 2.12. The number of aromatic nitrogens is 3. The molecule has 4 nitrogen and oxygen atoms in total. The zero-order valence-electron chi connectivity index (χ0n) is 14.0. The van der Waals surface area contributed by atoms with Crippen LogP contribution < -0.4 is 4.74 Å². The molecule has 0 unspecified atom stereocenters. The van der Waals surface area contributed by atoms with Crippen molar-refractivity contribution in [3.8, 4) is 33.4 Å². The van der Waals surface area contributed by atoms with E-state index in [2.05, 4.69) is 41.7 Å². The van der Waals surface area contributed by atoms with Crippen LogP contribution in [0.25, 0.3) is 27.6 Å². The van der Waals surface area contributed by atoms with Gasteiger partial charge in [0, 0.05) is 16.5 Å². The van der Waals surface area contributed by atoms with Crippen molar-refractivity contribution >= 4 is 11.3 Å². The topological polar surface area (TPSA) is 39.9 Å². The molecule has 0 bridgehead atoms. The van der Waals surface area contributed by atoms with Crippen LogP contribution in [0.3, 0.4) is 0 Å². The Bertz CT molecular complexity index is 984. The lowest BCUT2D eigenvalue weighted by molar-refractivity contribution is 0.415. The summed E-state index contributed by atoms with van der Waals surface area (Å²) in [5.74, 6) is 0.841. The van der Waals surface area contributed by atoms with Gasteiger partial charge in [0.2, 0.25) is 5.13 Å². The van der Waals surface area contributed by atoms with E-state index in [1.165, 1.54) is 5.56 Å². The van der Waals surface area contributed by atoms with Crippen molar-refractivity contribution in [2.24, 2.45) is 0 Å². The smallest absolute Gasteiger partial charge is 0.211 e. The minimum Gasteiger partial charge on any atom is -0.497 e. The second kappa shape index (κ2) is 6.53. The summed E-state index contributed by atoms with van der Waals surface area (Å²) < 4.78 is 7.10. The molecule has 0 N–H and O–H groups in total. The van der Waals surface area contributed by atoms with Crippen molar-refractivity contribution in [2.75, 3.05) is 7.11 Å². The molecule has 0 aliphatic rings. The largest absolute Gasteiger partial charge is 0.497 e. The van der Waals surface area contributed by atoms with E-state index >= 15 is 0 Å². The Balaban J connectivity index is 1.69. The summed E-state index contributed by atoms with van der Waals surface area (Å²) in [5.41, 5.74) is 5.41. The van der Waals surface area contributed by atoms with E-state index in [0.29, 0.717) is 0 Å². The number of hydrogen-bond donors (Lipinski definition) is 0. The van der Waals surface area contributed by atoms with Crippen LogP contribution in [0.2, 0.25) is 0 Å². The molecular formula is C20H17N3OS. The average molecular weight is 347 g/mol. The Morgan fingerprint density at radius 1 is 0.920 bits per heavy atom. The molecule has 0 radical (unpaired) electrons. The lowest BCUT2D eigenvalue weighted by atomic mass is 10.1. The standard InChI is InChI=1S/C20H17N3OS/c1-14-3-5-16(6-4-14)19-11-12-21-23(19)20-22-18(13-25-20)15-7-9-17(24-2)10-8-15/h3-13H,1-2H3. The predicted molar refractivity (Wildman–Crippen MR) is 101 cm³/mol. The summed E-state index contributed by atoms with van der Waals surface area (Å²) in [6, 6.07) is 18.4. The molecule has 0 saturated heterocycles. The summed E-state index contributed by atoms with van der Waals surface area (Å²) in [4.78, 5) is 4.76. The van der Waals surface area contributed by atoms with Gasteiger partial charge in [0.25, 0.3) is 0 Å². The Labute approximate surface area is 150 Å². The quantitative estimate of drug-likeness (QED) is 0.523. The normalized spacial score (nSPS) is 10.8. The first-order valence-corrected chi connectivity index (χ1v) is 8.84. The van der Waals surface area contributed by atoms with Gasteiger partial charge >= 0.3 is 0 Å². The number of rotatable bonds is 4. The highest BCUT2D eigenvalue weighted by molar-refractivity contribution is 7.12. The molecule has 0 amide bonds. The third-order valence-corrected chi connectivity index (χ3v) is 4.87. The van der Waals surface area contributed by atoms with E-state index in [-0.39, 0.29) is 0 Å². The van der Waals surface area contributed by atoms with Crippen LogP contribution in [0.5, 0.6) is 5.75 Å². The van der Waals surface area contributed by atoms with Crippen molar-refractivity contribution in [1.29, 1.82) is 0 Å². The Morgan fingerprint density at radius 3 is 2.36 bits per heavy atom. The van der Waals surface area contributed by atoms with E-state index in [0.717, 1.165) is 33.4 Å². The number of benzene rings is 2. The monoisotopic (exact) mass is 347 g/mol. The number of hydrogen-bond acceptors (Lipinski definition) is 4. The molecule has 4 aromatic rings. The average Bonchev–Trinajstić information content (AvgIpc) is 3.31. The van der Waals surface area contributed by atoms with Gasteiger partial charge in [-0.1, -0.05) is 29.8 Å².